The minimum atomic E-state index is 0.529. The number of nitrogens with zero attached hydrogens (tertiary/aromatic N) is 2. The lowest BCUT2D eigenvalue weighted by Crippen LogP contribution is -2.10. The van der Waals surface area contributed by atoms with E-state index in [0.717, 1.165) is 10.9 Å². The average Bonchev–Trinajstić information content (AvgIpc) is 2.67. The van der Waals surface area contributed by atoms with Crippen LogP contribution in [0.5, 0.6) is 0 Å². The Kier molecular flexibility index (Phi) is 3.13. The minimum Gasteiger partial charge on any atom is -0.324 e. The first-order chi connectivity index (χ1) is 6.79. The fourth-order valence-corrected chi connectivity index (χ4v) is 2.91. The molecule has 1 heterocycles. The third-order valence-corrected chi connectivity index (χ3v) is 4.13. The molecule has 14 heavy (non-hydrogen) atoms. The van der Waals surface area contributed by atoms with E-state index in [1.165, 1.54) is 30.7 Å². The van der Waals surface area contributed by atoms with Gasteiger partial charge in [-0.2, -0.15) is 0 Å². The Bertz CT molecular complexity index is 289. The highest BCUT2D eigenvalue weighted by Crippen LogP contribution is 2.36. The predicted octanol–water partition coefficient (Wildman–Crippen LogP) is 2.29. The van der Waals surface area contributed by atoms with Crippen LogP contribution in [-0.4, -0.2) is 10.2 Å². The van der Waals surface area contributed by atoms with Crippen molar-refractivity contribution in [3.05, 3.63) is 10.0 Å². The Balaban J connectivity index is 2.01. The van der Waals surface area contributed by atoms with Crippen molar-refractivity contribution in [1.82, 2.24) is 10.2 Å². The van der Waals surface area contributed by atoms with E-state index in [4.69, 9.17) is 5.73 Å². The molecule has 0 aliphatic heterocycles. The maximum absolute atomic E-state index is 5.52. The summed E-state index contributed by atoms with van der Waals surface area (Å²) in [6.45, 7) is 2.86. The van der Waals surface area contributed by atoms with E-state index in [2.05, 4.69) is 17.1 Å². The zero-order chi connectivity index (χ0) is 9.97. The van der Waals surface area contributed by atoms with Crippen LogP contribution >= 0.6 is 11.3 Å². The van der Waals surface area contributed by atoms with Gasteiger partial charge in [0.1, 0.15) is 10.0 Å². The van der Waals surface area contributed by atoms with Gasteiger partial charge in [-0.3, -0.25) is 0 Å². The van der Waals surface area contributed by atoms with E-state index in [9.17, 15) is 0 Å². The molecule has 2 N–H and O–H groups in total. The van der Waals surface area contributed by atoms with Gasteiger partial charge in [0.15, 0.2) is 0 Å². The first-order valence-corrected chi connectivity index (χ1v) is 6.13. The lowest BCUT2D eigenvalue weighted by atomic mass is 9.83. The molecule has 0 amide bonds. The van der Waals surface area contributed by atoms with Crippen LogP contribution in [0.3, 0.4) is 0 Å². The normalized spacial score (nSPS) is 27.9. The van der Waals surface area contributed by atoms with Crippen molar-refractivity contribution in [2.45, 2.75) is 45.1 Å². The molecule has 1 aliphatic carbocycles. The van der Waals surface area contributed by atoms with Gasteiger partial charge in [-0.15, -0.1) is 10.2 Å². The molecule has 1 aromatic rings. The van der Waals surface area contributed by atoms with Crippen molar-refractivity contribution in [2.75, 3.05) is 0 Å². The molecule has 4 heteroatoms. The largest absolute Gasteiger partial charge is 0.324 e. The SMILES string of the molecule is CC1CCC(c2nnc(CN)s2)CC1. The lowest BCUT2D eigenvalue weighted by Gasteiger charge is -2.23. The van der Waals surface area contributed by atoms with Crippen molar-refractivity contribution < 1.29 is 0 Å². The second-order valence-corrected chi connectivity index (χ2v) is 5.29. The van der Waals surface area contributed by atoms with E-state index >= 15 is 0 Å². The molecule has 1 saturated carbocycles. The summed E-state index contributed by atoms with van der Waals surface area (Å²) in [7, 11) is 0. The van der Waals surface area contributed by atoms with Crippen molar-refractivity contribution in [3.8, 4) is 0 Å². The molecule has 1 aliphatic rings. The van der Waals surface area contributed by atoms with E-state index in [-0.39, 0.29) is 0 Å². The van der Waals surface area contributed by atoms with Crippen LogP contribution in [0.4, 0.5) is 0 Å². The Morgan fingerprint density at radius 2 is 2.00 bits per heavy atom. The maximum atomic E-state index is 5.52. The van der Waals surface area contributed by atoms with Crippen molar-refractivity contribution >= 4 is 11.3 Å². The first kappa shape index (κ1) is 10.1. The average molecular weight is 211 g/mol. The zero-order valence-electron chi connectivity index (χ0n) is 8.57. The van der Waals surface area contributed by atoms with Gasteiger partial charge in [0.05, 0.1) is 0 Å². The topological polar surface area (TPSA) is 51.8 Å². The van der Waals surface area contributed by atoms with Crippen molar-refractivity contribution in [3.63, 3.8) is 0 Å². The number of rotatable bonds is 2. The van der Waals surface area contributed by atoms with Gasteiger partial charge in [0, 0.05) is 12.5 Å². The van der Waals surface area contributed by atoms with Crippen LogP contribution in [0.15, 0.2) is 0 Å². The highest BCUT2D eigenvalue weighted by atomic mass is 32.1. The summed E-state index contributed by atoms with van der Waals surface area (Å²) in [5, 5.41) is 10.5. The summed E-state index contributed by atoms with van der Waals surface area (Å²) >= 11 is 1.69. The molecule has 0 unspecified atom stereocenters. The summed E-state index contributed by atoms with van der Waals surface area (Å²) < 4.78 is 0. The molecule has 3 nitrogen and oxygen atoms in total. The molecule has 0 spiro atoms. The van der Waals surface area contributed by atoms with Gasteiger partial charge in [-0.25, -0.2) is 0 Å². The monoisotopic (exact) mass is 211 g/mol. The molecular formula is C10H17N3S. The van der Waals surface area contributed by atoms with Gasteiger partial charge in [0.25, 0.3) is 0 Å². The zero-order valence-corrected chi connectivity index (χ0v) is 9.39. The summed E-state index contributed by atoms with van der Waals surface area (Å²) in [6, 6.07) is 0. The van der Waals surface area contributed by atoms with Crippen molar-refractivity contribution in [2.24, 2.45) is 11.7 Å². The summed E-state index contributed by atoms with van der Waals surface area (Å²) in [5.41, 5.74) is 5.52. The molecule has 0 atom stereocenters. The second kappa shape index (κ2) is 4.36. The molecule has 0 radical (unpaired) electrons. The highest BCUT2D eigenvalue weighted by Gasteiger charge is 2.22. The Morgan fingerprint density at radius 3 is 2.57 bits per heavy atom. The minimum absolute atomic E-state index is 0.529. The van der Waals surface area contributed by atoms with E-state index in [1.54, 1.807) is 11.3 Å². The quantitative estimate of drug-likeness (QED) is 0.816. The number of hydrogen-bond donors (Lipinski definition) is 1. The van der Waals surface area contributed by atoms with E-state index in [1.807, 2.05) is 0 Å². The fourth-order valence-electron chi connectivity index (χ4n) is 2.02. The van der Waals surface area contributed by atoms with Gasteiger partial charge >= 0.3 is 0 Å². The molecule has 1 fully saturated rings. The third kappa shape index (κ3) is 2.12. The summed E-state index contributed by atoms with van der Waals surface area (Å²) in [5.74, 6) is 1.55. The molecular weight excluding hydrogens is 194 g/mol. The lowest BCUT2D eigenvalue weighted by molar-refractivity contribution is 0.346. The van der Waals surface area contributed by atoms with Crippen LogP contribution in [0, 0.1) is 5.92 Å². The smallest absolute Gasteiger partial charge is 0.131 e. The van der Waals surface area contributed by atoms with Crippen LogP contribution in [0.2, 0.25) is 0 Å². The standard InChI is InChI=1S/C10H17N3S/c1-7-2-4-8(5-3-7)10-13-12-9(6-11)14-10/h7-8H,2-6,11H2,1H3. The van der Waals surface area contributed by atoms with Crippen LogP contribution in [-0.2, 0) is 6.54 Å². The van der Waals surface area contributed by atoms with Crippen LogP contribution < -0.4 is 5.73 Å². The van der Waals surface area contributed by atoms with Gasteiger partial charge in [-0.1, -0.05) is 31.1 Å². The van der Waals surface area contributed by atoms with Gasteiger partial charge in [-0.05, 0) is 18.8 Å². The highest BCUT2D eigenvalue weighted by molar-refractivity contribution is 7.11. The number of hydrogen-bond acceptors (Lipinski definition) is 4. The molecule has 1 aromatic heterocycles. The molecule has 0 bridgehead atoms. The molecule has 2 rings (SSSR count). The summed E-state index contributed by atoms with van der Waals surface area (Å²) in [4.78, 5) is 0. The third-order valence-electron chi connectivity index (χ3n) is 3.02. The fraction of sp³-hybridized carbons (Fsp3) is 0.800. The van der Waals surface area contributed by atoms with Crippen LogP contribution in [0.25, 0.3) is 0 Å². The van der Waals surface area contributed by atoms with Gasteiger partial charge < -0.3 is 5.73 Å². The van der Waals surface area contributed by atoms with Crippen LogP contribution in [0.1, 0.15) is 48.5 Å². The van der Waals surface area contributed by atoms with Crippen molar-refractivity contribution in [1.29, 1.82) is 0 Å². The van der Waals surface area contributed by atoms with E-state index in [0.29, 0.717) is 12.5 Å². The van der Waals surface area contributed by atoms with E-state index < -0.39 is 0 Å². The Morgan fingerprint density at radius 1 is 1.29 bits per heavy atom. The number of aromatic nitrogens is 2. The Hall–Kier alpha value is -0.480. The molecule has 0 aromatic carbocycles. The number of nitrogens with two attached hydrogens (primary N) is 1. The molecule has 0 saturated heterocycles. The van der Waals surface area contributed by atoms with Gasteiger partial charge in [0.2, 0.25) is 0 Å². The predicted molar refractivity (Wildman–Crippen MR) is 58.2 cm³/mol. The maximum Gasteiger partial charge on any atom is 0.131 e. The summed E-state index contributed by atoms with van der Waals surface area (Å²) in [6.07, 6.45) is 5.23. The molecule has 78 valence electrons. The Labute approximate surface area is 88.7 Å². The first-order valence-electron chi connectivity index (χ1n) is 5.32. The second-order valence-electron chi connectivity index (χ2n) is 4.19.